The molecule has 0 bridgehead atoms. The fraction of sp³-hybridized carbons (Fsp3) is 0.200. The van der Waals surface area contributed by atoms with Gasteiger partial charge in [0.15, 0.2) is 0 Å². The van der Waals surface area contributed by atoms with Gasteiger partial charge in [0, 0.05) is 18.3 Å². The van der Waals surface area contributed by atoms with Crippen LogP contribution in [0.2, 0.25) is 5.02 Å². The third-order valence-electron chi connectivity index (χ3n) is 2.99. The molecule has 0 amide bonds. The van der Waals surface area contributed by atoms with Crippen molar-refractivity contribution in [2.24, 2.45) is 0 Å². The number of hydrogen-bond donors (Lipinski definition) is 1. The van der Waals surface area contributed by atoms with E-state index in [2.05, 4.69) is 0 Å². The molecule has 0 fully saturated rings. The molecule has 0 radical (unpaired) electrons. The van der Waals surface area contributed by atoms with Gasteiger partial charge in [-0.05, 0) is 37.6 Å². The van der Waals surface area contributed by atoms with Crippen molar-refractivity contribution in [2.75, 3.05) is 17.2 Å². The van der Waals surface area contributed by atoms with E-state index in [4.69, 9.17) is 17.3 Å². The topological polar surface area (TPSA) is 29.3 Å². The maximum Gasteiger partial charge on any atom is 0.144 e. The Bertz CT molecular complexity index is 599. The van der Waals surface area contributed by atoms with Gasteiger partial charge < -0.3 is 10.6 Å². The lowest BCUT2D eigenvalue weighted by Crippen LogP contribution is -2.17. The van der Waals surface area contributed by atoms with Gasteiger partial charge in [0.1, 0.15) is 5.82 Å². The first-order valence-electron chi connectivity index (χ1n) is 6.11. The number of benzene rings is 2. The van der Waals surface area contributed by atoms with Gasteiger partial charge in [-0.15, -0.1) is 0 Å². The third kappa shape index (κ3) is 2.82. The summed E-state index contributed by atoms with van der Waals surface area (Å²) in [6, 6.07) is 10.8. The second-order valence-corrected chi connectivity index (χ2v) is 4.82. The Morgan fingerprint density at radius 3 is 2.63 bits per heavy atom. The zero-order valence-electron chi connectivity index (χ0n) is 11.0. The van der Waals surface area contributed by atoms with Crippen LogP contribution < -0.4 is 10.6 Å². The molecule has 4 heteroatoms. The molecule has 0 heterocycles. The summed E-state index contributed by atoms with van der Waals surface area (Å²) < 4.78 is 13.6. The van der Waals surface area contributed by atoms with E-state index in [1.807, 2.05) is 43.0 Å². The van der Waals surface area contributed by atoms with Gasteiger partial charge in [0.25, 0.3) is 0 Å². The number of nitrogens with two attached hydrogens (primary N) is 1. The van der Waals surface area contributed by atoms with Crippen molar-refractivity contribution < 1.29 is 4.39 Å². The molecular weight excluding hydrogens is 263 g/mol. The molecule has 2 N–H and O–H groups in total. The summed E-state index contributed by atoms with van der Waals surface area (Å²) in [6.45, 7) is 4.70. The summed E-state index contributed by atoms with van der Waals surface area (Å²) in [5.41, 5.74) is 9.18. The summed E-state index contributed by atoms with van der Waals surface area (Å²) in [5, 5.41) is 0.0431. The smallest absolute Gasteiger partial charge is 0.144 e. The van der Waals surface area contributed by atoms with E-state index >= 15 is 0 Å². The van der Waals surface area contributed by atoms with Crippen molar-refractivity contribution >= 4 is 28.7 Å². The highest BCUT2D eigenvalue weighted by Gasteiger charge is 2.13. The van der Waals surface area contributed by atoms with Crippen LogP contribution in [0.25, 0.3) is 0 Å². The lowest BCUT2D eigenvalue weighted by atomic mass is 10.1. The monoisotopic (exact) mass is 278 g/mol. The van der Waals surface area contributed by atoms with Gasteiger partial charge in [0.2, 0.25) is 0 Å². The van der Waals surface area contributed by atoms with Gasteiger partial charge in [-0.25, -0.2) is 4.39 Å². The molecule has 0 aliphatic rings. The minimum atomic E-state index is -0.461. The van der Waals surface area contributed by atoms with Crippen LogP contribution in [0, 0.1) is 12.7 Å². The molecule has 2 aromatic rings. The van der Waals surface area contributed by atoms with Crippen LogP contribution in [-0.4, -0.2) is 6.54 Å². The van der Waals surface area contributed by atoms with Gasteiger partial charge >= 0.3 is 0 Å². The van der Waals surface area contributed by atoms with Crippen LogP contribution in [0.4, 0.5) is 21.5 Å². The van der Waals surface area contributed by atoms with E-state index in [1.165, 1.54) is 12.1 Å². The van der Waals surface area contributed by atoms with Crippen LogP contribution in [-0.2, 0) is 0 Å². The molecule has 0 aliphatic heterocycles. The molecule has 19 heavy (non-hydrogen) atoms. The average molecular weight is 279 g/mol. The lowest BCUT2D eigenvalue weighted by Gasteiger charge is -2.25. The summed E-state index contributed by atoms with van der Waals surface area (Å²) >= 11 is 5.73. The van der Waals surface area contributed by atoms with E-state index in [9.17, 15) is 4.39 Å². The number of nitrogens with zero attached hydrogens (tertiary/aromatic N) is 1. The number of hydrogen-bond acceptors (Lipinski definition) is 2. The van der Waals surface area contributed by atoms with Crippen molar-refractivity contribution in [1.29, 1.82) is 0 Å². The predicted octanol–water partition coefficient (Wildman–Crippen LogP) is 4.53. The zero-order valence-corrected chi connectivity index (χ0v) is 11.7. The zero-order chi connectivity index (χ0) is 14.0. The molecule has 2 aromatic carbocycles. The first-order chi connectivity index (χ1) is 9.02. The van der Waals surface area contributed by atoms with E-state index in [1.54, 1.807) is 0 Å². The van der Waals surface area contributed by atoms with Gasteiger partial charge in [-0.3, -0.25) is 0 Å². The Labute approximate surface area is 117 Å². The molecule has 0 aliphatic carbocycles. The molecule has 100 valence electrons. The molecule has 0 saturated heterocycles. The van der Waals surface area contributed by atoms with Crippen LogP contribution in [0.3, 0.4) is 0 Å². The number of aryl methyl sites for hydroxylation is 1. The largest absolute Gasteiger partial charge is 0.397 e. The molecule has 0 spiro atoms. The molecular formula is C15H16ClFN2. The van der Waals surface area contributed by atoms with Gasteiger partial charge in [-0.2, -0.15) is 0 Å². The minimum Gasteiger partial charge on any atom is -0.397 e. The number of anilines is 3. The van der Waals surface area contributed by atoms with E-state index in [-0.39, 0.29) is 5.02 Å². The highest BCUT2D eigenvalue weighted by atomic mass is 35.5. The van der Waals surface area contributed by atoms with Crippen LogP contribution in [0.1, 0.15) is 12.5 Å². The fourth-order valence-electron chi connectivity index (χ4n) is 2.07. The number of nitrogen functional groups attached to an aromatic ring is 1. The molecule has 0 saturated carbocycles. The standard InChI is InChI=1S/C15H16ClFN2/c1-3-19(11-6-4-5-10(2)7-11)15-9-13(17)12(16)8-14(15)18/h4-9H,3,18H2,1-2H3. The second-order valence-electron chi connectivity index (χ2n) is 4.41. The Balaban J connectivity index is 2.51. The van der Waals surface area contributed by atoms with Crippen LogP contribution in [0.15, 0.2) is 36.4 Å². The normalized spacial score (nSPS) is 10.5. The number of rotatable bonds is 3. The van der Waals surface area contributed by atoms with Crippen molar-refractivity contribution in [3.05, 3.63) is 52.8 Å². The molecule has 0 unspecified atom stereocenters. The first kappa shape index (κ1) is 13.7. The van der Waals surface area contributed by atoms with E-state index in [0.717, 1.165) is 11.3 Å². The second kappa shape index (κ2) is 5.49. The molecule has 0 atom stereocenters. The Morgan fingerprint density at radius 2 is 2.00 bits per heavy atom. The van der Waals surface area contributed by atoms with Gasteiger partial charge in [-0.1, -0.05) is 23.7 Å². The molecule has 2 rings (SSSR count). The third-order valence-corrected chi connectivity index (χ3v) is 3.28. The van der Waals surface area contributed by atoms with Crippen molar-refractivity contribution in [1.82, 2.24) is 0 Å². The van der Waals surface area contributed by atoms with Crippen LogP contribution in [0.5, 0.6) is 0 Å². The Morgan fingerprint density at radius 1 is 1.26 bits per heavy atom. The summed E-state index contributed by atoms with van der Waals surface area (Å²) in [6.07, 6.45) is 0. The first-order valence-corrected chi connectivity index (χ1v) is 6.49. The van der Waals surface area contributed by atoms with Crippen molar-refractivity contribution in [3.8, 4) is 0 Å². The Hall–Kier alpha value is -1.74. The summed E-state index contributed by atoms with van der Waals surface area (Å²) in [4.78, 5) is 1.96. The average Bonchev–Trinajstić information content (AvgIpc) is 2.36. The lowest BCUT2D eigenvalue weighted by molar-refractivity contribution is 0.628. The number of halogens is 2. The minimum absolute atomic E-state index is 0.0431. The highest BCUT2D eigenvalue weighted by Crippen LogP contribution is 2.34. The predicted molar refractivity (Wildman–Crippen MR) is 79.7 cm³/mol. The molecule has 0 aromatic heterocycles. The van der Waals surface area contributed by atoms with Crippen LogP contribution >= 0.6 is 11.6 Å². The maximum atomic E-state index is 13.6. The Kier molecular flexibility index (Phi) is 3.96. The van der Waals surface area contributed by atoms with Crippen molar-refractivity contribution in [3.63, 3.8) is 0 Å². The maximum absolute atomic E-state index is 13.6. The highest BCUT2D eigenvalue weighted by molar-refractivity contribution is 6.31. The summed E-state index contributed by atoms with van der Waals surface area (Å²) in [5.74, 6) is -0.461. The fourth-order valence-corrected chi connectivity index (χ4v) is 2.25. The summed E-state index contributed by atoms with van der Waals surface area (Å²) in [7, 11) is 0. The molecule has 2 nitrogen and oxygen atoms in total. The quantitative estimate of drug-likeness (QED) is 0.836. The van der Waals surface area contributed by atoms with E-state index in [0.29, 0.717) is 17.9 Å². The van der Waals surface area contributed by atoms with Crippen molar-refractivity contribution in [2.45, 2.75) is 13.8 Å². The van der Waals surface area contributed by atoms with E-state index < -0.39 is 5.82 Å². The SMILES string of the molecule is CCN(c1cccc(C)c1)c1cc(F)c(Cl)cc1N. The van der Waals surface area contributed by atoms with Gasteiger partial charge in [0.05, 0.1) is 16.4 Å².